The summed E-state index contributed by atoms with van der Waals surface area (Å²) in [5, 5.41) is 11.2. The number of rotatable bonds is 3. The van der Waals surface area contributed by atoms with E-state index in [9.17, 15) is 9.90 Å². The molecule has 1 aliphatic carbocycles. The maximum Gasteiger partial charge on any atom is 0.225 e. The highest BCUT2D eigenvalue weighted by Crippen LogP contribution is 2.37. The number of nitrogens with zero attached hydrogens (tertiary/aromatic N) is 1. The lowest BCUT2D eigenvalue weighted by molar-refractivity contribution is -0.137. The van der Waals surface area contributed by atoms with E-state index in [1.807, 2.05) is 29.2 Å². The van der Waals surface area contributed by atoms with Crippen molar-refractivity contribution in [2.75, 3.05) is 6.54 Å². The number of amides is 1. The summed E-state index contributed by atoms with van der Waals surface area (Å²) in [7, 11) is 0. The predicted molar refractivity (Wildman–Crippen MR) is 83.2 cm³/mol. The molecule has 3 nitrogen and oxygen atoms in total. The molecule has 2 aliphatic rings. The first-order valence-electron chi connectivity index (χ1n) is 7.85. The molecular weight excluding hydrogens is 286 g/mol. The van der Waals surface area contributed by atoms with Gasteiger partial charge in [-0.15, -0.1) is 0 Å². The zero-order valence-electron chi connectivity index (χ0n) is 12.2. The average Bonchev–Trinajstić information content (AvgIpc) is 3.07. The topological polar surface area (TPSA) is 40.5 Å². The Hall–Kier alpha value is -1.06. The van der Waals surface area contributed by atoms with Gasteiger partial charge in [-0.25, -0.2) is 0 Å². The van der Waals surface area contributed by atoms with Gasteiger partial charge in [0.05, 0.1) is 18.1 Å². The Bertz CT molecular complexity index is 525. The van der Waals surface area contributed by atoms with E-state index in [1.165, 1.54) is 0 Å². The molecule has 1 amide bonds. The highest BCUT2D eigenvalue weighted by atomic mass is 35.5. The Balaban J connectivity index is 1.73. The quantitative estimate of drug-likeness (QED) is 0.925. The van der Waals surface area contributed by atoms with Crippen molar-refractivity contribution in [3.8, 4) is 0 Å². The summed E-state index contributed by atoms with van der Waals surface area (Å²) in [5.74, 6) is 0.0851. The summed E-state index contributed by atoms with van der Waals surface area (Å²) in [5.41, 5.74) is 0.338. The second-order valence-corrected chi connectivity index (χ2v) is 6.84. The van der Waals surface area contributed by atoms with Crippen molar-refractivity contribution in [3.05, 3.63) is 34.9 Å². The Morgan fingerprint density at radius 3 is 2.81 bits per heavy atom. The molecule has 0 radical (unpaired) electrons. The molecule has 114 valence electrons. The lowest BCUT2D eigenvalue weighted by Crippen LogP contribution is -2.37. The summed E-state index contributed by atoms with van der Waals surface area (Å²) in [6, 6.07) is 7.88. The van der Waals surface area contributed by atoms with Crippen LogP contribution in [-0.2, 0) is 4.79 Å². The van der Waals surface area contributed by atoms with Crippen LogP contribution in [0.4, 0.5) is 0 Å². The molecule has 1 heterocycles. The van der Waals surface area contributed by atoms with E-state index in [1.54, 1.807) is 0 Å². The maximum atomic E-state index is 12.6. The van der Waals surface area contributed by atoms with Crippen LogP contribution in [0.2, 0.25) is 5.02 Å². The molecule has 0 aromatic heterocycles. The van der Waals surface area contributed by atoms with Gasteiger partial charge in [0, 0.05) is 11.6 Å². The fourth-order valence-electron chi connectivity index (χ4n) is 3.72. The Morgan fingerprint density at radius 2 is 2.10 bits per heavy atom. The maximum absolute atomic E-state index is 12.6. The Labute approximate surface area is 130 Å². The first-order chi connectivity index (χ1) is 10.1. The first-order valence-corrected chi connectivity index (χ1v) is 8.23. The van der Waals surface area contributed by atoms with Crippen molar-refractivity contribution in [3.63, 3.8) is 0 Å². The molecule has 1 saturated heterocycles. The van der Waals surface area contributed by atoms with E-state index in [2.05, 4.69) is 0 Å². The van der Waals surface area contributed by atoms with E-state index >= 15 is 0 Å². The molecule has 1 N–H and O–H groups in total. The zero-order chi connectivity index (χ0) is 14.9. The lowest BCUT2D eigenvalue weighted by Gasteiger charge is -2.29. The van der Waals surface area contributed by atoms with Crippen molar-refractivity contribution in [2.45, 2.75) is 56.6 Å². The molecule has 0 bridgehead atoms. The fourth-order valence-corrected chi connectivity index (χ4v) is 3.92. The van der Waals surface area contributed by atoms with Crippen LogP contribution in [0.3, 0.4) is 0 Å². The van der Waals surface area contributed by atoms with Gasteiger partial charge >= 0.3 is 0 Å². The zero-order valence-corrected chi connectivity index (χ0v) is 13.0. The van der Waals surface area contributed by atoms with E-state index in [-0.39, 0.29) is 18.4 Å². The summed E-state index contributed by atoms with van der Waals surface area (Å²) >= 11 is 6.07. The van der Waals surface area contributed by atoms with Crippen molar-refractivity contribution >= 4 is 17.5 Å². The van der Waals surface area contributed by atoms with E-state index in [4.69, 9.17) is 11.6 Å². The van der Waals surface area contributed by atoms with Crippen LogP contribution in [0.5, 0.6) is 0 Å². The molecule has 1 aliphatic heterocycles. The lowest BCUT2D eigenvalue weighted by atomic mass is 9.96. The Morgan fingerprint density at radius 1 is 1.33 bits per heavy atom. The van der Waals surface area contributed by atoms with Crippen LogP contribution in [0.1, 0.15) is 56.6 Å². The number of carbonyl (C=O) groups excluding carboxylic acids is 1. The van der Waals surface area contributed by atoms with Gasteiger partial charge in [-0.2, -0.15) is 0 Å². The van der Waals surface area contributed by atoms with Gasteiger partial charge in [0.25, 0.3) is 0 Å². The van der Waals surface area contributed by atoms with Gasteiger partial charge < -0.3 is 10.0 Å². The van der Waals surface area contributed by atoms with Crippen molar-refractivity contribution < 1.29 is 9.90 Å². The number of benzene rings is 1. The van der Waals surface area contributed by atoms with Crippen LogP contribution in [0, 0.1) is 0 Å². The van der Waals surface area contributed by atoms with Crippen molar-refractivity contribution in [1.82, 2.24) is 4.90 Å². The molecular formula is C17H22ClNO2. The van der Waals surface area contributed by atoms with Crippen molar-refractivity contribution in [2.24, 2.45) is 0 Å². The highest BCUT2D eigenvalue weighted by molar-refractivity contribution is 6.30. The third-order valence-electron chi connectivity index (χ3n) is 4.82. The van der Waals surface area contributed by atoms with Crippen molar-refractivity contribution in [1.29, 1.82) is 0 Å². The first kappa shape index (κ1) is 14.9. The monoisotopic (exact) mass is 307 g/mol. The average molecular weight is 308 g/mol. The number of likely N-dealkylation sites (tertiary alicyclic amines) is 1. The van der Waals surface area contributed by atoms with Crippen LogP contribution in [0.25, 0.3) is 0 Å². The smallest absolute Gasteiger partial charge is 0.225 e. The molecule has 1 atom stereocenters. The molecule has 2 fully saturated rings. The van der Waals surface area contributed by atoms with Gasteiger partial charge in [-0.3, -0.25) is 4.79 Å². The van der Waals surface area contributed by atoms with E-state index in [0.29, 0.717) is 5.02 Å². The number of hydrogen-bond acceptors (Lipinski definition) is 2. The Kier molecular flexibility index (Phi) is 4.23. The van der Waals surface area contributed by atoms with Gasteiger partial charge in [0.1, 0.15) is 0 Å². The summed E-state index contributed by atoms with van der Waals surface area (Å²) in [4.78, 5) is 14.5. The summed E-state index contributed by atoms with van der Waals surface area (Å²) < 4.78 is 0. The van der Waals surface area contributed by atoms with Gasteiger partial charge in [0.2, 0.25) is 5.91 Å². The third-order valence-corrected chi connectivity index (χ3v) is 5.06. The highest BCUT2D eigenvalue weighted by Gasteiger charge is 2.38. The van der Waals surface area contributed by atoms with E-state index < -0.39 is 5.60 Å². The van der Waals surface area contributed by atoms with E-state index in [0.717, 1.165) is 50.6 Å². The predicted octanol–water partition coefficient (Wildman–Crippen LogP) is 3.70. The third kappa shape index (κ3) is 3.24. The molecule has 3 rings (SSSR count). The summed E-state index contributed by atoms with van der Waals surface area (Å²) in [6.45, 7) is 0.784. The normalized spacial score (nSPS) is 24.5. The van der Waals surface area contributed by atoms with Crippen LogP contribution in [-0.4, -0.2) is 28.1 Å². The molecule has 1 aromatic carbocycles. The number of halogens is 1. The largest absolute Gasteiger partial charge is 0.389 e. The minimum atomic E-state index is -0.765. The minimum absolute atomic E-state index is 0.0851. The fraction of sp³-hybridized carbons (Fsp3) is 0.588. The molecule has 21 heavy (non-hydrogen) atoms. The second-order valence-electron chi connectivity index (χ2n) is 6.41. The van der Waals surface area contributed by atoms with Crippen LogP contribution < -0.4 is 0 Å². The second kappa shape index (κ2) is 5.98. The molecule has 0 spiro atoms. The molecule has 1 saturated carbocycles. The molecule has 4 heteroatoms. The van der Waals surface area contributed by atoms with Crippen LogP contribution in [0.15, 0.2) is 24.3 Å². The standard InChI is InChI=1S/C17H22ClNO2/c18-14-6-3-5-13(11-14)15-7-4-10-19(15)16(20)12-17(21)8-1-2-9-17/h3,5-6,11,15,21H,1-2,4,7-10,12H2. The number of hydrogen-bond donors (Lipinski definition) is 1. The molecule has 1 unspecified atom stereocenters. The van der Waals surface area contributed by atoms with Crippen LogP contribution >= 0.6 is 11.6 Å². The van der Waals surface area contributed by atoms with Gasteiger partial charge in [0.15, 0.2) is 0 Å². The number of carbonyl (C=O) groups is 1. The molecule has 1 aromatic rings. The number of aliphatic hydroxyl groups is 1. The SMILES string of the molecule is O=C(CC1(O)CCCC1)N1CCCC1c1cccc(Cl)c1. The summed E-state index contributed by atoms with van der Waals surface area (Å²) in [6.07, 6.45) is 5.84. The minimum Gasteiger partial charge on any atom is -0.389 e. The van der Waals surface area contributed by atoms with Gasteiger partial charge in [-0.05, 0) is 43.4 Å². The van der Waals surface area contributed by atoms with Gasteiger partial charge in [-0.1, -0.05) is 36.6 Å².